The average molecular weight is 281 g/mol. The first kappa shape index (κ1) is 16.0. The Hall–Kier alpha value is -0.0500. The molecule has 1 saturated heterocycles. The number of thioether (sulfide) groups is 1. The molecule has 18 heavy (non-hydrogen) atoms. The molecule has 2 aliphatic rings. The van der Waals surface area contributed by atoms with Crippen LogP contribution in [0, 0.1) is 5.92 Å². The van der Waals surface area contributed by atoms with Crippen LogP contribution in [0.5, 0.6) is 0 Å². The van der Waals surface area contributed by atoms with Crippen molar-refractivity contribution in [3.8, 4) is 0 Å². The maximum Gasteiger partial charge on any atom is 1.00 e. The van der Waals surface area contributed by atoms with Crippen LogP contribution in [0.2, 0.25) is 0 Å². The number of carbonyl (C=O) groups excluding carboxylic acids is 2. The van der Waals surface area contributed by atoms with E-state index in [1.807, 2.05) is 0 Å². The molecule has 1 amide bonds. The van der Waals surface area contributed by atoms with E-state index >= 15 is 0 Å². The number of aliphatic hydroxyl groups excluding tert-OH is 1. The van der Waals surface area contributed by atoms with Gasteiger partial charge in [-0.1, -0.05) is 11.8 Å². The number of aliphatic carboxylic acids is 1. The molecule has 8 heteroatoms. The summed E-state index contributed by atoms with van der Waals surface area (Å²) in [6, 6.07) is 0. The van der Waals surface area contributed by atoms with Gasteiger partial charge in [0.2, 0.25) is 5.91 Å². The van der Waals surface area contributed by atoms with Crippen molar-refractivity contribution in [2.45, 2.75) is 18.4 Å². The van der Waals surface area contributed by atoms with Gasteiger partial charge < -0.3 is 19.7 Å². The summed E-state index contributed by atoms with van der Waals surface area (Å²) in [7, 11) is 1.45. The predicted molar refractivity (Wildman–Crippen MR) is 57.3 cm³/mol. The fourth-order valence-corrected chi connectivity index (χ4v) is 3.65. The average Bonchev–Trinajstić information content (AvgIpc) is 2.53. The molecule has 0 spiro atoms. The molecule has 2 rings (SSSR count). The van der Waals surface area contributed by atoms with Crippen LogP contribution in [0.1, 0.15) is 6.92 Å². The first-order valence-electron chi connectivity index (χ1n) is 5.10. The van der Waals surface area contributed by atoms with Crippen LogP contribution in [0.25, 0.3) is 0 Å². The second kappa shape index (κ2) is 5.94. The Morgan fingerprint density at radius 1 is 1.67 bits per heavy atom. The largest absolute Gasteiger partial charge is 1.00 e. The van der Waals surface area contributed by atoms with Crippen LogP contribution in [-0.2, 0) is 14.3 Å². The van der Waals surface area contributed by atoms with Crippen LogP contribution < -0.4 is 34.7 Å². The number of carboxylic acid groups (broad SMARTS) is 1. The topological polar surface area (TPSA) is 89.9 Å². The van der Waals surface area contributed by atoms with E-state index in [1.165, 1.54) is 30.7 Å². The van der Waals surface area contributed by atoms with E-state index in [0.29, 0.717) is 4.91 Å². The minimum absolute atomic E-state index is 0. The molecule has 0 aliphatic carbocycles. The maximum atomic E-state index is 11.7. The molecule has 0 aromatic rings. The fraction of sp³-hybridized carbons (Fsp3) is 0.600. The van der Waals surface area contributed by atoms with Gasteiger partial charge in [-0.15, -0.1) is 0 Å². The fourth-order valence-electron chi connectivity index (χ4n) is 2.08. The molecule has 1 N–H and O–H groups in total. The normalized spacial score (nSPS) is 27.5. The van der Waals surface area contributed by atoms with Crippen molar-refractivity contribution >= 4 is 23.6 Å². The van der Waals surface area contributed by atoms with Crippen LogP contribution >= 0.6 is 11.8 Å². The molecule has 2 aliphatic heterocycles. The molecule has 0 saturated carbocycles. The number of amides is 1. The molecule has 1 fully saturated rings. The molecule has 0 radical (unpaired) electrons. The van der Waals surface area contributed by atoms with E-state index in [2.05, 4.69) is 0 Å². The minimum atomic E-state index is -1.38. The molecule has 0 aromatic heterocycles. The van der Waals surface area contributed by atoms with Crippen molar-refractivity contribution in [2.24, 2.45) is 5.92 Å². The van der Waals surface area contributed by atoms with E-state index < -0.39 is 18.0 Å². The molecular weight excluding hydrogens is 269 g/mol. The molecule has 0 aromatic carbocycles. The Kier molecular flexibility index (Phi) is 5.28. The van der Waals surface area contributed by atoms with E-state index in [0.717, 1.165) is 0 Å². The predicted octanol–water partition coefficient (Wildman–Crippen LogP) is -4.49. The Labute approximate surface area is 131 Å². The Balaban J connectivity index is 0.00000162. The SMILES string of the molecule is COCC1=C(C(=O)[O-])N2C(=O)[C@H]([C@@H](C)O)[C@H]2S1.[Na+]. The third-order valence-electron chi connectivity index (χ3n) is 2.84. The number of nitrogens with zero attached hydrogens (tertiary/aromatic N) is 1. The van der Waals surface area contributed by atoms with Gasteiger partial charge in [0.1, 0.15) is 5.37 Å². The summed E-state index contributed by atoms with van der Waals surface area (Å²) in [5.74, 6) is -2.31. The molecule has 6 nitrogen and oxygen atoms in total. The first-order valence-corrected chi connectivity index (χ1v) is 5.98. The number of β-lactam (4-membered cyclic amide) rings is 1. The first-order chi connectivity index (χ1) is 7.99. The number of aliphatic hydroxyl groups is 1. The van der Waals surface area contributed by atoms with Gasteiger partial charge >= 0.3 is 29.6 Å². The van der Waals surface area contributed by atoms with Gasteiger partial charge in [0, 0.05) is 12.0 Å². The number of carbonyl (C=O) groups is 2. The van der Waals surface area contributed by atoms with E-state index in [-0.39, 0.29) is 53.1 Å². The van der Waals surface area contributed by atoms with E-state index in [9.17, 15) is 19.8 Å². The second-order valence-corrected chi connectivity index (χ2v) is 5.19. The van der Waals surface area contributed by atoms with Crippen molar-refractivity contribution in [2.75, 3.05) is 13.7 Å². The maximum absolute atomic E-state index is 11.7. The van der Waals surface area contributed by atoms with Crippen LogP contribution in [0.4, 0.5) is 0 Å². The Bertz CT molecular complexity index is 411. The summed E-state index contributed by atoms with van der Waals surface area (Å²) >= 11 is 1.24. The third kappa shape index (κ3) is 2.35. The zero-order valence-electron chi connectivity index (χ0n) is 10.4. The number of carboxylic acids is 1. The van der Waals surface area contributed by atoms with Crippen molar-refractivity contribution in [1.29, 1.82) is 0 Å². The number of ether oxygens (including phenoxy) is 1. The van der Waals surface area contributed by atoms with Gasteiger partial charge in [-0.3, -0.25) is 9.69 Å². The summed E-state index contributed by atoms with van der Waals surface area (Å²) in [4.78, 5) is 24.4. The van der Waals surface area contributed by atoms with Crippen LogP contribution in [0.15, 0.2) is 10.6 Å². The quantitative estimate of drug-likeness (QED) is 0.413. The van der Waals surface area contributed by atoms with Gasteiger partial charge in [0.15, 0.2) is 0 Å². The van der Waals surface area contributed by atoms with Gasteiger partial charge in [0.25, 0.3) is 0 Å². The van der Waals surface area contributed by atoms with Gasteiger partial charge in [-0.2, -0.15) is 0 Å². The summed E-state index contributed by atoms with van der Waals surface area (Å²) in [6.45, 7) is 1.65. The molecule has 3 atom stereocenters. The smallest absolute Gasteiger partial charge is 0.543 e. The van der Waals surface area contributed by atoms with Crippen molar-refractivity contribution in [3.05, 3.63) is 10.6 Å². The van der Waals surface area contributed by atoms with Gasteiger partial charge in [0.05, 0.1) is 30.3 Å². The van der Waals surface area contributed by atoms with E-state index in [1.54, 1.807) is 0 Å². The monoisotopic (exact) mass is 281 g/mol. The van der Waals surface area contributed by atoms with Crippen LogP contribution in [0.3, 0.4) is 0 Å². The molecule has 0 bridgehead atoms. The second-order valence-electron chi connectivity index (χ2n) is 3.98. The van der Waals surface area contributed by atoms with Crippen molar-refractivity contribution in [1.82, 2.24) is 4.90 Å². The summed E-state index contributed by atoms with van der Waals surface area (Å²) in [6.07, 6.45) is -0.791. The molecule has 0 unspecified atom stereocenters. The summed E-state index contributed by atoms with van der Waals surface area (Å²) < 4.78 is 4.89. The van der Waals surface area contributed by atoms with Crippen LogP contribution in [-0.4, -0.2) is 47.1 Å². The summed E-state index contributed by atoms with van der Waals surface area (Å²) in [5, 5.41) is 20.1. The number of fused-ring (bicyclic) bond motifs is 1. The zero-order valence-corrected chi connectivity index (χ0v) is 13.2. The van der Waals surface area contributed by atoms with Gasteiger partial charge in [-0.05, 0) is 6.92 Å². The van der Waals surface area contributed by atoms with Crippen molar-refractivity contribution < 1.29 is 54.1 Å². The van der Waals surface area contributed by atoms with Crippen molar-refractivity contribution in [3.63, 3.8) is 0 Å². The molecular formula is C10H12NNaO5S. The zero-order chi connectivity index (χ0) is 12.7. The minimum Gasteiger partial charge on any atom is -0.543 e. The molecule has 94 valence electrons. The summed E-state index contributed by atoms with van der Waals surface area (Å²) in [5.41, 5.74) is -0.122. The molecule has 2 heterocycles. The third-order valence-corrected chi connectivity index (χ3v) is 4.18. The van der Waals surface area contributed by atoms with E-state index in [4.69, 9.17) is 4.74 Å². The Morgan fingerprint density at radius 2 is 2.28 bits per heavy atom. The number of rotatable bonds is 4. The number of hydrogen-bond acceptors (Lipinski definition) is 6. The number of methoxy groups -OCH3 is 1. The standard InChI is InChI=1S/C10H13NO5S.Na/c1-4(12)6-8(13)11-7(10(14)15)5(3-16-2)17-9(6)11;/h4,6,9,12H,3H2,1-2H3,(H,14,15);/q;+1/p-1/t4-,6+,9-;/m1./s1. The Morgan fingerprint density at radius 3 is 2.72 bits per heavy atom. The van der Waals surface area contributed by atoms with Gasteiger partial charge in [-0.25, -0.2) is 0 Å². The number of hydrogen-bond donors (Lipinski definition) is 1.